The summed E-state index contributed by atoms with van der Waals surface area (Å²) >= 11 is 7.78. The summed E-state index contributed by atoms with van der Waals surface area (Å²) in [6.45, 7) is 1.18. The largest absolute Gasteiger partial charge is 0.459 e. The number of benzene rings is 1. The minimum absolute atomic E-state index is 0.0319. The number of fused-ring (bicyclic) bond motifs is 1. The van der Waals surface area contributed by atoms with Gasteiger partial charge in [0.1, 0.15) is 4.88 Å². The molecule has 2 aromatic heterocycles. The van der Waals surface area contributed by atoms with E-state index in [4.69, 9.17) is 16.0 Å². The first-order valence-corrected chi connectivity index (χ1v) is 9.63. The Bertz CT molecular complexity index is 943. The number of piperidine rings is 1. The molecule has 1 N–H and O–H groups in total. The lowest BCUT2D eigenvalue weighted by atomic mass is 10.0. The first-order valence-electron chi connectivity index (χ1n) is 8.44. The highest BCUT2D eigenvalue weighted by molar-refractivity contribution is 7.21. The lowest BCUT2D eigenvalue weighted by Crippen LogP contribution is -2.46. The zero-order valence-corrected chi connectivity index (χ0v) is 15.5. The van der Waals surface area contributed by atoms with Gasteiger partial charge in [0.05, 0.1) is 11.3 Å². The van der Waals surface area contributed by atoms with Crippen molar-refractivity contribution in [2.45, 2.75) is 18.9 Å². The molecule has 0 saturated carbocycles. The van der Waals surface area contributed by atoms with Crippen LogP contribution < -0.4 is 5.32 Å². The molecule has 0 unspecified atom stereocenters. The van der Waals surface area contributed by atoms with Gasteiger partial charge in [0, 0.05) is 29.2 Å². The van der Waals surface area contributed by atoms with E-state index >= 15 is 0 Å². The zero-order chi connectivity index (χ0) is 18.1. The number of nitrogens with zero attached hydrogens (tertiary/aromatic N) is 1. The molecular weight excluding hydrogens is 372 g/mol. The lowest BCUT2D eigenvalue weighted by Gasteiger charge is -2.31. The first-order chi connectivity index (χ1) is 12.6. The van der Waals surface area contributed by atoms with Crippen LogP contribution >= 0.6 is 22.9 Å². The number of carbonyl (C=O) groups is 2. The van der Waals surface area contributed by atoms with Crippen LogP contribution in [0.25, 0.3) is 10.1 Å². The van der Waals surface area contributed by atoms with Gasteiger partial charge in [0.2, 0.25) is 0 Å². The SMILES string of the molecule is O=C(NC1CCN(C(=O)c2ccco2)CC1)c1sc2ccccc2c1Cl. The number of nitrogens with one attached hydrogen (secondary N) is 1. The topological polar surface area (TPSA) is 62.6 Å². The van der Waals surface area contributed by atoms with Crippen LogP contribution in [-0.2, 0) is 0 Å². The van der Waals surface area contributed by atoms with E-state index in [1.165, 1.54) is 17.6 Å². The average Bonchev–Trinajstić information content (AvgIpc) is 3.31. The van der Waals surface area contributed by atoms with Gasteiger partial charge in [-0.15, -0.1) is 11.3 Å². The molecule has 0 radical (unpaired) electrons. The molecule has 5 nitrogen and oxygen atoms in total. The third-order valence-electron chi connectivity index (χ3n) is 4.59. The van der Waals surface area contributed by atoms with Crippen molar-refractivity contribution in [1.29, 1.82) is 0 Å². The third kappa shape index (κ3) is 3.22. The molecule has 0 spiro atoms. The molecule has 134 valence electrons. The van der Waals surface area contributed by atoms with Gasteiger partial charge < -0.3 is 14.6 Å². The van der Waals surface area contributed by atoms with Gasteiger partial charge in [-0.05, 0) is 31.0 Å². The third-order valence-corrected chi connectivity index (χ3v) is 6.26. The fourth-order valence-corrected chi connectivity index (χ4v) is 4.61. The van der Waals surface area contributed by atoms with Crippen LogP contribution in [0.15, 0.2) is 47.1 Å². The summed E-state index contributed by atoms with van der Waals surface area (Å²) in [6, 6.07) is 11.1. The molecule has 1 aliphatic heterocycles. The summed E-state index contributed by atoms with van der Waals surface area (Å²) in [5, 5.41) is 4.47. The van der Waals surface area contributed by atoms with E-state index in [1.54, 1.807) is 17.0 Å². The molecule has 2 amide bonds. The van der Waals surface area contributed by atoms with E-state index in [0.29, 0.717) is 41.6 Å². The number of rotatable bonds is 3. The van der Waals surface area contributed by atoms with Crippen LogP contribution in [0, 0.1) is 0 Å². The standard InChI is InChI=1S/C19H17ClN2O3S/c20-16-13-4-1-2-6-15(13)26-17(16)18(23)21-12-7-9-22(10-8-12)19(24)14-5-3-11-25-14/h1-6,11-12H,7-10H2,(H,21,23). The maximum Gasteiger partial charge on any atom is 0.289 e. The van der Waals surface area contributed by atoms with Crippen molar-refractivity contribution in [3.63, 3.8) is 0 Å². The Balaban J connectivity index is 1.38. The van der Waals surface area contributed by atoms with Crippen molar-refractivity contribution >= 4 is 44.8 Å². The smallest absolute Gasteiger partial charge is 0.289 e. The molecule has 0 aliphatic carbocycles. The Morgan fingerprint density at radius 1 is 1.15 bits per heavy atom. The van der Waals surface area contributed by atoms with E-state index < -0.39 is 0 Å². The van der Waals surface area contributed by atoms with E-state index in [2.05, 4.69) is 5.32 Å². The van der Waals surface area contributed by atoms with Crippen LogP contribution in [0.3, 0.4) is 0 Å². The molecule has 26 heavy (non-hydrogen) atoms. The molecule has 0 bridgehead atoms. The molecule has 1 saturated heterocycles. The van der Waals surface area contributed by atoms with Crippen LogP contribution in [0.1, 0.15) is 33.1 Å². The van der Waals surface area contributed by atoms with Gasteiger partial charge in [-0.25, -0.2) is 0 Å². The second kappa shape index (κ2) is 7.13. The van der Waals surface area contributed by atoms with Crippen molar-refractivity contribution in [3.8, 4) is 0 Å². The van der Waals surface area contributed by atoms with Gasteiger partial charge in [0.25, 0.3) is 11.8 Å². The molecule has 1 aliphatic rings. The quantitative estimate of drug-likeness (QED) is 0.732. The highest BCUT2D eigenvalue weighted by Crippen LogP contribution is 2.35. The van der Waals surface area contributed by atoms with Gasteiger partial charge in [-0.1, -0.05) is 29.8 Å². The molecule has 0 atom stereocenters. The van der Waals surface area contributed by atoms with Crippen LogP contribution in [0.5, 0.6) is 0 Å². The number of thiophene rings is 1. The van der Waals surface area contributed by atoms with Crippen molar-refractivity contribution in [2.75, 3.05) is 13.1 Å². The number of hydrogen-bond donors (Lipinski definition) is 1. The minimum Gasteiger partial charge on any atom is -0.459 e. The second-order valence-corrected chi connectivity index (χ2v) is 7.69. The Kier molecular flexibility index (Phi) is 4.70. The maximum absolute atomic E-state index is 12.6. The average molecular weight is 389 g/mol. The van der Waals surface area contributed by atoms with Crippen molar-refractivity contribution < 1.29 is 14.0 Å². The summed E-state index contributed by atoms with van der Waals surface area (Å²) in [4.78, 5) is 27.2. The molecule has 3 aromatic rings. The fraction of sp³-hybridized carbons (Fsp3) is 0.263. The second-order valence-electron chi connectivity index (χ2n) is 6.26. The number of likely N-dealkylation sites (tertiary alicyclic amines) is 1. The van der Waals surface area contributed by atoms with E-state index in [-0.39, 0.29) is 17.9 Å². The summed E-state index contributed by atoms with van der Waals surface area (Å²) < 4.78 is 6.17. The number of halogens is 1. The summed E-state index contributed by atoms with van der Waals surface area (Å²) in [6.07, 6.45) is 2.91. The minimum atomic E-state index is -0.146. The van der Waals surface area contributed by atoms with E-state index in [9.17, 15) is 9.59 Å². The van der Waals surface area contributed by atoms with Crippen LogP contribution in [0.2, 0.25) is 5.02 Å². The zero-order valence-electron chi connectivity index (χ0n) is 13.9. The van der Waals surface area contributed by atoms with Gasteiger partial charge >= 0.3 is 0 Å². The van der Waals surface area contributed by atoms with Gasteiger partial charge in [-0.2, -0.15) is 0 Å². The Morgan fingerprint density at radius 3 is 2.62 bits per heavy atom. The predicted octanol–water partition coefficient (Wildman–Crippen LogP) is 4.18. The summed E-state index contributed by atoms with van der Waals surface area (Å²) in [7, 11) is 0. The van der Waals surface area contributed by atoms with E-state index in [0.717, 1.165) is 10.1 Å². The molecule has 1 aromatic carbocycles. The van der Waals surface area contributed by atoms with Crippen molar-refractivity contribution in [3.05, 3.63) is 58.3 Å². The number of amides is 2. The molecule has 7 heteroatoms. The van der Waals surface area contributed by atoms with E-state index in [1.807, 2.05) is 24.3 Å². The molecule has 4 rings (SSSR count). The van der Waals surface area contributed by atoms with Crippen LogP contribution in [-0.4, -0.2) is 35.8 Å². The molecular formula is C19H17ClN2O3S. The molecule has 1 fully saturated rings. The highest BCUT2D eigenvalue weighted by Gasteiger charge is 2.27. The number of hydrogen-bond acceptors (Lipinski definition) is 4. The van der Waals surface area contributed by atoms with Gasteiger partial charge in [0.15, 0.2) is 5.76 Å². The molecule has 3 heterocycles. The lowest BCUT2D eigenvalue weighted by molar-refractivity contribution is 0.0667. The monoisotopic (exact) mass is 388 g/mol. The van der Waals surface area contributed by atoms with Gasteiger partial charge in [-0.3, -0.25) is 9.59 Å². The summed E-state index contributed by atoms with van der Waals surface area (Å²) in [5.74, 6) is 0.101. The Morgan fingerprint density at radius 2 is 1.92 bits per heavy atom. The first kappa shape index (κ1) is 17.1. The van der Waals surface area contributed by atoms with Crippen LogP contribution in [0.4, 0.5) is 0 Å². The number of furan rings is 1. The van der Waals surface area contributed by atoms with Crippen molar-refractivity contribution in [2.24, 2.45) is 0 Å². The Hall–Kier alpha value is -2.31. The summed E-state index contributed by atoms with van der Waals surface area (Å²) in [5.41, 5.74) is 0. The van der Waals surface area contributed by atoms with Crippen molar-refractivity contribution in [1.82, 2.24) is 10.2 Å². The fourth-order valence-electron chi connectivity index (χ4n) is 3.19. The highest BCUT2D eigenvalue weighted by atomic mass is 35.5. The maximum atomic E-state index is 12.6. The predicted molar refractivity (Wildman–Crippen MR) is 102 cm³/mol. The normalized spacial score (nSPS) is 15.3. The Labute approximate surface area is 159 Å². The number of carbonyl (C=O) groups excluding carboxylic acids is 2.